The van der Waals surface area contributed by atoms with Crippen LogP contribution in [0, 0.1) is 6.92 Å². The summed E-state index contributed by atoms with van der Waals surface area (Å²) >= 11 is 5.93. The SMILES string of the molecule is CCC(Cl)CCNC(=O)c1occc1C. The van der Waals surface area contributed by atoms with Gasteiger partial charge in [-0.1, -0.05) is 6.92 Å². The predicted octanol–water partition coefficient (Wildman–Crippen LogP) is 2.73. The lowest BCUT2D eigenvalue weighted by molar-refractivity contribution is 0.0924. The van der Waals surface area contributed by atoms with Crippen LogP contribution in [0.4, 0.5) is 0 Å². The van der Waals surface area contributed by atoms with Gasteiger partial charge in [0.1, 0.15) is 0 Å². The van der Waals surface area contributed by atoms with E-state index in [2.05, 4.69) is 5.32 Å². The summed E-state index contributed by atoms with van der Waals surface area (Å²) in [7, 11) is 0. The maximum atomic E-state index is 11.5. The summed E-state index contributed by atoms with van der Waals surface area (Å²) in [6.07, 6.45) is 3.21. The summed E-state index contributed by atoms with van der Waals surface area (Å²) in [5.41, 5.74) is 0.852. The summed E-state index contributed by atoms with van der Waals surface area (Å²) in [6.45, 7) is 4.45. The van der Waals surface area contributed by atoms with E-state index >= 15 is 0 Å². The van der Waals surface area contributed by atoms with Gasteiger partial charge in [0.25, 0.3) is 5.91 Å². The topological polar surface area (TPSA) is 42.2 Å². The molecule has 1 atom stereocenters. The number of halogens is 1. The van der Waals surface area contributed by atoms with Crippen molar-refractivity contribution in [2.24, 2.45) is 0 Å². The summed E-state index contributed by atoms with van der Waals surface area (Å²) in [6, 6.07) is 1.77. The molecule has 0 aliphatic carbocycles. The van der Waals surface area contributed by atoms with E-state index in [1.54, 1.807) is 6.07 Å². The molecule has 15 heavy (non-hydrogen) atoms. The Kier molecular flexibility index (Phi) is 4.69. The molecule has 4 heteroatoms. The van der Waals surface area contributed by atoms with E-state index in [4.69, 9.17) is 16.0 Å². The highest BCUT2D eigenvalue weighted by Crippen LogP contribution is 2.09. The number of amides is 1. The van der Waals surface area contributed by atoms with E-state index in [1.807, 2.05) is 13.8 Å². The van der Waals surface area contributed by atoms with Crippen LogP contribution in [0.3, 0.4) is 0 Å². The van der Waals surface area contributed by atoms with E-state index in [1.165, 1.54) is 6.26 Å². The third-order valence-electron chi connectivity index (χ3n) is 2.25. The van der Waals surface area contributed by atoms with Crippen molar-refractivity contribution in [1.82, 2.24) is 5.32 Å². The molecule has 0 fully saturated rings. The van der Waals surface area contributed by atoms with Crippen LogP contribution >= 0.6 is 11.6 Å². The number of nitrogens with one attached hydrogen (secondary N) is 1. The molecule has 0 bridgehead atoms. The second-order valence-electron chi connectivity index (χ2n) is 3.48. The van der Waals surface area contributed by atoms with E-state index in [-0.39, 0.29) is 11.3 Å². The average Bonchev–Trinajstić information content (AvgIpc) is 2.64. The third kappa shape index (κ3) is 3.59. The minimum Gasteiger partial charge on any atom is -0.459 e. The van der Waals surface area contributed by atoms with Crippen LogP contribution in [-0.2, 0) is 0 Å². The average molecular weight is 230 g/mol. The fourth-order valence-corrected chi connectivity index (χ4v) is 1.34. The first-order chi connectivity index (χ1) is 7.15. The van der Waals surface area contributed by atoms with Gasteiger partial charge in [-0.25, -0.2) is 0 Å². The Morgan fingerprint density at radius 3 is 2.93 bits per heavy atom. The van der Waals surface area contributed by atoms with Gasteiger partial charge >= 0.3 is 0 Å². The molecule has 1 amide bonds. The van der Waals surface area contributed by atoms with Crippen LogP contribution in [0.25, 0.3) is 0 Å². The Balaban J connectivity index is 2.34. The molecule has 0 saturated heterocycles. The van der Waals surface area contributed by atoms with Gasteiger partial charge in [0.2, 0.25) is 0 Å². The Bertz CT molecular complexity index is 322. The predicted molar refractivity (Wildman–Crippen MR) is 60.3 cm³/mol. The van der Waals surface area contributed by atoms with Crippen LogP contribution in [0.5, 0.6) is 0 Å². The number of alkyl halides is 1. The third-order valence-corrected chi connectivity index (χ3v) is 2.78. The fraction of sp³-hybridized carbons (Fsp3) is 0.545. The van der Waals surface area contributed by atoms with E-state index in [0.29, 0.717) is 12.3 Å². The first-order valence-corrected chi connectivity index (χ1v) is 5.55. The monoisotopic (exact) mass is 229 g/mol. The Labute approximate surface area is 94.8 Å². The van der Waals surface area contributed by atoms with Crippen LogP contribution in [-0.4, -0.2) is 17.8 Å². The zero-order valence-electron chi connectivity index (χ0n) is 9.05. The van der Waals surface area contributed by atoms with Crippen molar-refractivity contribution in [2.45, 2.75) is 32.1 Å². The molecule has 1 heterocycles. The first-order valence-electron chi connectivity index (χ1n) is 5.11. The highest BCUT2D eigenvalue weighted by Gasteiger charge is 2.12. The number of hydrogen-bond donors (Lipinski definition) is 1. The highest BCUT2D eigenvalue weighted by molar-refractivity contribution is 6.20. The van der Waals surface area contributed by atoms with Gasteiger partial charge in [-0.3, -0.25) is 4.79 Å². The molecule has 3 nitrogen and oxygen atoms in total. The number of hydrogen-bond acceptors (Lipinski definition) is 2. The van der Waals surface area contributed by atoms with Gasteiger partial charge in [-0.2, -0.15) is 0 Å². The normalized spacial score (nSPS) is 12.5. The molecule has 1 unspecified atom stereocenters. The highest BCUT2D eigenvalue weighted by atomic mass is 35.5. The second kappa shape index (κ2) is 5.81. The summed E-state index contributed by atoms with van der Waals surface area (Å²) in [5.74, 6) is 0.218. The molecule has 0 aliphatic rings. The van der Waals surface area contributed by atoms with Gasteiger partial charge in [-0.15, -0.1) is 11.6 Å². The molecular weight excluding hydrogens is 214 g/mol. The molecule has 0 spiro atoms. The van der Waals surface area contributed by atoms with Crippen molar-refractivity contribution in [3.63, 3.8) is 0 Å². The molecule has 0 saturated carbocycles. The molecular formula is C11H16ClNO2. The van der Waals surface area contributed by atoms with Gasteiger partial charge < -0.3 is 9.73 Å². The smallest absolute Gasteiger partial charge is 0.287 e. The maximum absolute atomic E-state index is 11.5. The van der Waals surface area contributed by atoms with E-state index in [0.717, 1.165) is 18.4 Å². The number of rotatable bonds is 5. The molecule has 0 aliphatic heterocycles. The van der Waals surface area contributed by atoms with Crippen molar-refractivity contribution in [2.75, 3.05) is 6.54 Å². The fourth-order valence-electron chi connectivity index (χ4n) is 1.23. The number of furan rings is 1. The van der Waals surface area contributed by atoms with E-state index < -0.39 is 0 Å². The summed E-state index contributed by atoms with van der Waals surface area (Å²) < 4.78 is 5.06. The molecule has 1 aromatic heterocycles. The standard InChI is InChI=1S/C11H16ClNO2/c1-3-9(12)4-6-13-11(14)10-8(2)5-7-15-10/h5,7,9H,3-4,6H2,1-2H3,(H,13,14). The van der Waals surface area contributed by atoms with Crippen molar-refractivity contribution < 1.29 is 9.21 Å². The van der Waals surface area contributed by atoms with Gasteiger partial charge in [0.15, 0.2) is 5.76 Å². The molecule has 0 radical (unpaired) electrons. The van der Waals surface area contributed by atoms with Crippen LogP contribution < -0.4 is 5.32 Å². The minimum absolute atomic E-state index is 0.128. The maximum Gasteiger partial charge on any atom is 0.287 e. The summed E-state index contributed by atoms with van der Waals surface area (Å²) in [5, 5.41) is 2.90. The van der Waals surface area contributed by atoms with Crippen molar-refractivity contribution in [3.8, 4) is 0 Å². The van der Waals surface area contributed by atoms with Crippen LogP contribution in [0.1, 0.15) is 35.9 Å². The molecule has 1 aromatic rings. The first kappa shape index (κ1) is 12.1. The van der Waals surface area contributed by atoms with Gasteiger partial charge in [-0.05, 0) is 25.8 Å². The number of aryl methyl sites for hydroxylation is 1. The zero-order chi connectivity index (χ0) is 11.3. The largest absolute Gasteiger partial charge is 0.459 e. The van der Waals surface area contributed by atoms with Gasteiger partial charge in [0, 0.05) is 17.5 Å². The lowest BCUT2D eigenvalue weighted by atomic mass is 10.2. The molecule has 0 aromatic carbocycles. The lowest BCUT2D eigenvalue weighted by Crippen LogP contribution is -2.26. The van der Waals surface area contributed by atoms with Gasteiger partial charge in [0.05, 0.1) is 6.26 Å². The molecule has 1 N–H and O–H groups in total. The van der Waals surface area contributed by atoms with Crippen molar-refractivity contribution in [1.29, 1.82) is 0 Å². The Hall–Kier alpha value is -0.960. The molecule has 1 rings (SSSR count). The summed E-state index contributed by atoms with van der Waals surface area (Å²) in [4.78, 5) is 11.5. The van der Waals surface area contributed by atoms with E-state index in [9.17, 15) is 4.79 Å². The quantitative estimate of drug-likeness (QED) is 0.789. The Morgan fingerprint density at radius 2 is 2.40 bits per heavy atom. The number of carbonyl (C=O) groups is 1. The number of carbonyl (C=O) groups excluding carboxylic acids is 1. The van der Waals surface area contributed by atoms with Crippen LogP contribution in [0.2, 0.25) is 0 Å². The second-order valence-corrected chi connectivity index (χ2v) is 4.10. The Morgan fingerprint density at radius 1 is 1.67 bits per heavy atom. The molecule has 84 valence electrons. The lowest BCUT2D eigenvalue weighted by Gasteiger charge is -2.07. The minimum atomic E-state index is -0.169. The zero-order valence-corrected chi connectivity index (χ0v) is 9.80. The van der Waals surface area contributed by atoms with Crippen molar-refractivity contribution >= 4 is 17.5 Å². The van der Waals surface area contributed by atoms with Crippen LogP contribution in [0.15, 0.2) is 16.7 Å². The van der Waals surface area contributed by atoms with Crippen molar-refractivity contribution in [3.05, 3.63) is 23.7 Å².